The Bertz CT molecular complexity index is 583. The van der Waals surface area contributed by atoms with Gasteiger partial charge in [0.25, 0.3) is 0 Å². The Hall–Kier alpha value is -2.36. The van der Waals surface area contributed by atoms with Crippen LogP contribution in [-0.2, 0) is 0 Å². The molecule has 0 aliphatic carbocycles. The number of hydrogen-bond donors (Lipinski definition) is 2. The van der Waals surface area contributed by atoms with Crippen molar-refractivity contribution in [1.82, 2.24) is 0 Å². The summed E-state index contributed by atoms with van der Waals surface area (Å²) < 4.78 is 13.8. The van der Waals surface area contributed by atoms with E-state index in [4.69, 9.17) is 11.1 Å². The summed E-state index contributed by atoms with van der Waals surface area (Å²) in [5.74, 6) is -0.439. The highest BCUT2D eigenvalue weighted by Crippen LogP contribution is 2.22. The topological polar surface area (TPSA) is 53.1 Å². The van der Waals surface area contributed by atoms with Gasteiger partial charge in [0.1, 0.15) is 5.82 Å². The van der Waals surface area contributed by atoms with Crippen LogP contribution in [0.3, 0.4) is 0 Å². The van der Waals surface area contributed by atoms with Gasteiger partial charge in [-0.25, -0.2) is 4.39 Å². The first-order chi connectivity index (χ1) is 9.59. The standard InChI is InChI=1S/C16H18FN3/c1-20(15-10-6-5-9-14(15)17)11-13(16(18)19)12-7-3-2-4-8-12/h2-10,13H,11H2,1H3,(H3,18,19). The van der Waals surface area contributed by atoms with Gasteiger partial charge in [-0.1, -0.05) is 42.5 Å². The van der Waals surface area contributed by atoms with E-state index in [1.165, 1.54) is 6.07 Å². The Morgan fingerprint density at radius 2 is 1.75 bits per heavy atom. The van der Waals surface area contributed by atoms with Gasteiger partial charge >= 0.3 is 0 Å². The molecule has 4 heteroatoms. The summed E-state index contributed by atoms with van der Waals surface area (Å²) >= 11 is 0. The van der Waals surface area contributed by atoms with E-state index in [1.54, 1.807) is 30.1 Å². The molecule has 0 fully saturated rings. The van der Waals surface area contributed by atoms with Crippen LogP contribution in [0, 0.1) is 11.2 Å². The third-order valence-corrected chi connectivity index (χ3v) is 3.30. The molecule has 0 saturated carbocycles. The minimum atomic E-state index is -0.273. The summed E-state index contributed by atoms with van der Waals surface area (Å²) in [5.41, 5.74) is 7.17. The van der Waals surface area contributed by atoms with E-state index in [1.807, 2.05) is 30.3 Å². The van der Waals surface area contributed by atoms with Gasteiger partial charge in [0.15, 0.2) is 0 Å². The predicted octanol–water partition coefficient (Wildman–Crippen LogP) is 2.98. The number of anilines is 1. The molecule has 0 amide bonds. The fourth-order valence-corrected chi connectivity index (χ4v) is 2.20. The number of para-hydroxylation sites is 1. The molecule has 1 unspecified atom stereocenters. The Labute approximate surface area is 118 Å². The Kier molecular flexibility index (Phi) is 4.35. The molecule has 3 nitrogen and oxygen atoms in total. The van der Waals surface area contributed by atoms with Gasteiger partial charge < -0.3 is 10.6 Å². The highest BCUT2D eigenvalue weighted by molar-refractivity contribution is 5.85. The molecule has 2 rings (SSSR count). The molecule has 0 bridgehead atoms. The average Bonchev–Trinajstić information content (AvgIpc) is 2.45. The summed E-state index contributed by atoms with van der Waals surface area (Å²) in [4.78, 5) is 1.79. The van der Waals surface area contributed by atoms with E-state index in [0.29, 0.717) is 12.2 Å². The molecule has 0 spiro atoms. The minimum absolute atomic E-state index is 0.0828. The van der Waals surface area contributed by atoms with Crippen LogP contribution in [0.25, 0.3) is 0 Å². The lowest BCUT2D eigenvalue weighted by molar-refractivity contribution is 0.620. The molecule has 0 aromatic heterocycles. The molecule has 0 heterocycles. The van der Waals surface area contributed by atoms with Crippen molar-refractivity contribution in [3.8, 4) is 0 Å². The van der Waals surface area contributed by atoms with Crippen molar-refractivity contribution in [2.75, 3.05) is 18.5 Å². The second-order valence-electron chi connectivity index (χ2n) is 4.75. The quantitative estimate of drug-likeness (QED) is 0.649. The van der Waals surface area contributed by atoms with Gasteiger partial charge in [-0.05, 0) is 17.7 Å². The average molecular weight is 271 g/mol. The van der Waals surface area contributed by atoms with Gasteiger partial charge in [0.05, 0.1) is 17.4 Å². The molecule has 20 heavy (non-hydrogen) atoms. The maximum Gasteiger partial charge on any atom is 0.146 e. The number of rotatable bonds is 5. The fraction of sp³-hybridized carbons (Fsp3) is 0.188. The second-order valence-corrected chi connectivity index (χ2v) is 4.75. The lowest BCUT2D eigenvalue weighted by Crippen LogP contribution is -2.32. The summed E-state index contributed by atoms with van der Waals surface area (Å²) in [7, 11) is 1.80. The zero-order valence-electron chi connectivity index (χ0n) is 11.4. The number of benzene rings is 2. The second kappa shape index (κ2) is 6.19. The summed E-state index contributed by atoms with van der Waals surface area (Å²) in [6.45, 7) is 0.459. The van der Waals surface area contributed by atoms with Crippen LogP contribution in [0.4, 0.5) is 10.1 Å². The van der Waals surface area contributed by atoms with Crippen LogP contribution in [-0.4, -0.2) is 19.4 Å². The zero-order valence-corrected chi connectivity index (χ0v) is 11.4. The molecule has 1 atom stereocenters. The van der Waals surface area contributed by atoms with Gasteiger partial charge in [0, 0.05) is 13.6 Å². The largest absolute Gasteiger partial charge is 0.387 e. The number of hydrogen-bond acceptors (Lipinski definition) is 2. The van der Waals surface area contributed by atoms with Gasteiger partial charge in [-0.2, -0.15) is 0 Å². The van der Waals surface area contributed by atoms with E-state index in [0.717, 1.165) is 5.56 Å². The number of likely N-dealkylation sites (N-methyl/N-ethyl adjacent to an activating group) is 1. The Morgan fingerprint density at radius 1 is 1.15 bits per heavy atom. The van der Waals surface area contributed by atoms with Crippen LogP contribution in [0.15, 0.2) is 54.6 Å². The van der Waals surface area contributed by atoms with Crippen molar-refractivity contribution in [2.24, 2.45) is 5.73 Å². The SMILES string of the molecule is CN(CC(C(=N)N)c1ccccc1)c1ccccc1F. The first kappa shape index (κ1) is 14.1. The molecular weight excluding hydrogens is 253 g/mol. The van der Waals surface area contributed by atoms with Crippen LogP contribution in [0.1, 0.15) is 11.5 Å². The summed E-state index contributed by atoms with van der Waals surface area (Å²) in [5, 5.41) is 7.76. The van der Waals surface area contributed by atoms with Crippen molar-refractivity contribution in [1.29, 1.82) is 5.41 Å². The maximum atomic E-state index is 13.8. The first-order valence-electron chi connectivity index (χ1n) is 6.44. The smallest absolute Gasteiger partial charge is 0.146 e. The molecular formula is C16H18FN3. The van der Waals surface area contributed by atoms with Crippen LogP contribution >= 0.6 is 0 Å². The van der Waals surface area contributed by atoms with Gasteiger partial charge in [0.2, 0.25) is 0 Å². The molecule has 2 aromatic rings. The van der Waals surface area contributed by atoms with Gasteiger partial charge in [-0.15, -0.1) is 0 Å². The van der Waals surface area contributed by atoms with Crippen molar-refractivity contribution in [2.45, 2.75) is 5.92 Å². The molecule has 0 aliphatic heterocycles. The van der Waals surface area contributed by atoms with Crippen molar-refractivity contribution in [3.05, 3.63) is 66.0 Å². The maximum absolute atomic E-state index is 13.8. The zero-order chi connectivity index (χ0) is 14.5. The lowest BCUT2D eigenvalue weighted by atomic mass is 9.97. The molecule has 0 aliphatic rings. The highest BCUT2D eigenvalue weighted by Gasteiger charge is 2.18. The fourth-order valence-electron chi connectivity index (χ4n) is 2.20. The first-order valence-corrected chi connectivity index (χ1v) is 6.44. The van der Waals surface area contributed by atoms with E-state index in [9.17, 15) is 4.39 Å². The van der Waals surface area contributed by atoms with Crippen molar-refractivity contribution in [3.63, 3.8) is 0 Å². The third kappa shape index (κ3) is 3.15. The normalized spacial score (nSPS) is 11.9. The van der Waals surface area contributed by atoms with Crippen molar-refractivity contribution >= 4 is 11.5 Å². The number of nitrogens with one attached hydrogen (secondary N) is 1. The van der Waals surface area contributed by atoms with Crippen LogP contribution in [0.2, 0.25) is 0 Å². The van der Waals surface area contributed by atoms with Crippen LogP contribution < -0.4 is 10.6 Å². The monoisotopic (exact) mass is 271 g/mol. The Balaban J connectivity index is 2.21. The molecule has 3 N–H and O–H groups in total. The van der Waals surface area contributed by atoms with E-state index >= 15 is 0 Å². The number of nitrogens with two attached hydrogens (primary N) is 1. The lowest BCUT2D eigenvalue weighted by Gasteiger charge is -2.25. The molecule has 104 valence electrons. The van der Waals surface area contributed by atoms with E-state index < -0.39 is 0 Å². The molecule has 0 radical (unpaired) electrons. The number of amidine groups is 1. The summed E-state index contributed by atoms with van der Waals surface area (Å²) in [6.07, 6.45) is 0. The van der Waals surface area contributed by atoms with E-state index in [2.05, 4.69) is 0 Å². The molecule has 2 aromatic carbocycles. The number of nitrogens with zero attached hydrogens (tertiary/aromatic N) is 1. The minimum Gasteiger partial charge on any atom is -0.387 e. The Morgan fingerprint density at radius 3 is 2.35 bits per heavy atom. The third-order valence-electron chi connectivity index (χ3n) is 3.30. The molecule has 0 saturated heterocycles. The highest BCUT2D eigenvalue weighted by atomic mass is 19.1. The number of halogens is 1. The predicted molar refractivity (Wildman–Crippen MR) is 80.8 cm³/mol. The summed E-state index contributed by atoms with van der Waals surface area (Å²) in [6, 6.07) is 16.2. The van der Waals surface area contributed by atoms with Crippen molar-refractivity contribution < 1.29 is 4.39 Å². The van der Waals surface area contributed by atoms with Gasteiger partial charge in [-0.3, -0.25) is 5.41 Å². The van der Waals surface area contributed by atoms with Crippen LogP contribution in [0.5, 0.6) is 0 Å². The van der Waals surface area contributed by atoms with E-state index in [-0.39, 0.29) is 17.6 Å².